The normalized spacial score (nSPS) is 12.7. The van der Waals surface area contributed by atoms with Crippen LogP contribution in [0.25, 0.3) is 0 Å². The predicted molar refractivity (Wildman–Crippen MR) is 79.8 cm³/mol. The van der Waals surface area contributed by atoms with Crippen molar-refractivity contribution in [1.82, 2.24) is 20.2 Å². The summed E-state index contributed by atoms with van der Waals surface area (Å²) in [5.41, 5.74) is 4.81. The Hall–Kier alpha value is -1.44. The number of nitrogens with two attached hydrogens (primary N) is 1. The monoisotopic (exact) mass is 295 g/mol. The molecule has 1 atom stereocenters. The molecular formula is C13H21N5OS. The molecule has 2 heterocycles. The van der Waals surface area contributed by atoms with E-state index in [1.54, 1.807) is 24.6 Å². The Balaban J connectivity index is 2.50. The number of aryl methyl sites for hydroxylation is 3. The average molecular weight is 295 g/mol. The second kappa shape index (κ2) is 6.34. The first-order valence-electron chi connectivity index (χ1n) is 6.62. The van der Waals surface area contributed by atoms with Gasteiger partial charge in [-0.3, -0.25) is 10.5 Å². The van der Waals surface area contributed by atoms with E-state index >= 15 is 0 Å². The van der Waals surface area contributed by atoms with E-state index in [4.69, 9.17) is 10.6 Å². The highest BCUT2D eigenvalue weighted by atomic mass is 32.1. The average Bonchev–Trinajstić information content (AvgIpc) is 2.96. The van der Waals surface area contributed by atoms with Crippen LogP contribution in [0.2, 0.25) is 0 Å². The minimum absolute atomic E-state index is 0.162. The molecule has 0 aliphatic carbocycles. The number of hydrazine groups is 1. The number of hydrogen-bond donors (Lipinski definition) is 2. The molecule has 0 fully saturated rings. The molecule has 0 saturated heterocycles. The van der Waals surface area contributed by atoms with Gasteiger partial charge in [-0.25, -0.2) is 10.4 Å². The molecule has 110 valence electrons. The lowest BCUT2D eigenvalue weighted by molar-refractivity contribution is 0.398. The van der Waals surface area contributed by atoms with Crippen LogP contribution in [0.1, 0.15) is 40.7 Å². The smallest absolute Gasteiger partial charge is 0.162 e. The van der Waals surface area contributed by atoms with E-state index in [-0.39, 0.29) is 6.04 Å². The molecule has 0 aliphatic heterocycles. The minimum Gasteiger partial charge on any atom is -0.493 e. The van der Waals surface area contributed by atoms with Gasteiger partial charge in [-0.1, -0.05) is 6.92 Å². The van der Waals surface area contributed by atoms with Gasteiger partial charge in [0.2, 0.25) is 0 Å². The van der Waals surface area contributed by atoms with Gasteiger partial charge in [0.25, 0.3) is 0 Å². The van der Waals surface area contributed by atoms with Gasteiger partial charge < -0.3 is 4.74 Å². The topological polar surface area (TPSA) is 78.0 Å². The summed E-state index contributed by atoms with van der Waals surface area (Å²) in [5, 5.41) is 5.41. The van der Waals surface area contributed by atoms with Crippen molar-refractivity contribution in [3.8, 4) is 5.75 Å². The fourth-order valence-electron chi connectivity index (χ4n) is 2.31. The maximum absolute atomic E-state index is 5.80. The van der Waals surface area contributed by atoms with Crippen molar-refractivity contribution in [2.45, 2.75) is 39.8 Å². The fourth-order valence-corrected chi connectivity index (χ4v) is 3.30. The number of methoxy groups -OCH3 is 1. The Morgan fingerprint density at radius 1 is 1.50 bits per heavy atom. The van der Waals surface area contributed by atoms with Gasteiger partial charge in [0.15, 0.2) is 5.75 Å². The molecule has 0 saturated carbocycles. The number of nitrogens with one attached hydrogen (secondary N) is 1. The molecule has 6 nitrogen and oxygen atoms in total. The van der Waals surface area contributed by atoms with Crippen molar-refractivity contribution in [3.63, 3.8) is 0 Å². The molecule has 0 bridgehead atoms. The van der Waals surface area contributed by atoms with Gasteiger partial charge in [-0.2, -0.15) is 5.10 Å². The van der Waals surface area contributed by atoms with Crippen LogP contribution in [-0.4, -0.2) is 21.9 Å². The van der Waals surface area contributed by atoms with Gasteiger partial charge in [-0.05, 0) is 20.3 Å². The van der Waals surface area contributed by atoms with Gasteiger partial charge >= 0.3 is 0 Å². The van der Waals surface area contributed by atoms with E-state index in [1.807, 2.05) is 18.5 Å². The van der Waals surface area contributed by atoms with Crippen molar-refractivity contribution in [1.29, 1.82) is 0 Å². The highest BCUT2D eigenvalue weighted by molar-refractivity contribution is 7.11. The Morgan fingerprint density at radius 3 is 2.75 bits per heavy atom. The van der Waals surface area contributed by atoms with Crippen LogP contribution in [0.15, 0.2) is 6.20 Å². The van der Waals surface area contributed by atoms with Gasteiger partial charge in [0.1, 0.15) is 11.7 Å². The lowest BCUT2D eigenvalue weighted by atomic mass is 10.1. The molecule has 0 aliphatic rings. The molecule has 0 spiro atoms. The first-order valence-corrected chi connectivity index (χ1v) is 7.43. The lowest BCUT2D eigenvalue weighted by Crippen LogP contribution is -2.31. The van der Waals surface area contributed by atoms with Gasteiger partial charge in [0.05, 0.1) is 28.9 Å². The number of aromatic nitrogens is 3. The van der Waals surface area contributed by atoms with E-state index in [2.05, 4.69) is 22.4 Å². The van der Waals surface area contributed by atoms with E-state index in [0.29, 0.717) is 0 Å². The van der Waals surface area contributed by atoms with E-state index in [9.17, 15) is 0 Å². The molecule has 0 aromatic carbocycles. The Morgan fingerprint density at radius 2 is 2.25 bits per heavy atom. The summed E-state index contributed by atoms with van der Waals surface area (Å²) in [6, 6.07) is -0.162. The fraction of sp³-hybridized carbons (Fsp3) is 0.538. The first kappa shape index (κ1) is 15.0. The van der Waals surface area contributed by atoms with Gasteiger partial charge in [0, 0.05) is 6.54 Å². The molecule has 2 aromatic heterocycles. The van der Waals surface area contributed by atoms with Crippen molar-refractivity contribution < 1.29 is 4.74 Å². The van der Waals surface area contributed by atoms with Crippen LogP contribution in [0.3, 0.4) is 0 Å². The van der Waals surface area contributed by atoms with Crippen LogP contribution in [0, 0.1) is 13.8 Å². The molecule has 7 heteroatoms. The number of hydrogen-bond acceptors (Lipinski definition) is 6. The van der Waals surface area contributed by atoms with Crippen LogP contribution < -0.4 is 16.0 Å². The van der Waals surface area contributed by atoms with E-state index in [1.165, 1.54) is 0 Å². The summed E-state index contributed by atoms with van der Waals surface area (Å²) in [6.07, 6.45) is 2.73. The molecular weight excluding hydrogens is 274 g/mol. The molecule has 20 heavy (non-hydrogen) atoms. The summed E-state index contributed by atoms with van der Waals surface area (Å²) >= 11 is 1.64. The second-order valence-corrected chi connectivity index (χ2v) is 5.84. The minimum atomic E-state index is -0.162. The summed E-state index contributed by atoms with van der Waals surface area (Å²) in [7, 11) is 1.65. The molecule has 0 radical (unpaired) electrons. The van der Waals surface area contributed by atoms with Crippen molar-refractivity contribution in [2.75, 3.05) is 7.11 Å². The quantitative estimate of drug-likeness (QED) is 0.629. The van der Waals surface area contributed by atoms with E-state index < -0.39 is 0 Å². The zero-order valence-corrected chi connectivity index (χ0v) is 13.1. The second-order valence-electron chi connectivity index (χ2n) is 4.60. The van der Waals surface area contributed by atoms with Gasteiger partial charge in [-0.15, -0.1) is 11.3 Å². The predicted octanol–water partition coefficient (Wildman–Crippen LogP) is 1.93. The summed E-state index contributed by atoms with van der Waals surface area (Å²) < 4.78 is 7.37. The summed E-state index contributed by atoms with van der Waals surface area (Å²) in [6.45, 7) is 6.93. The standard InChI is InChI=1S/C13H21N5OS/c1-5-6-18-12(10(19-4)7-15-18)11(17-14)13-8(2)16-9(3)20-13/h7,11,17H,5-6,14H2,1-4H3. The van der Waals surface area contributed by atoms with Crippen LogP contribution in [0.4, 0.5) is 0 Å². The van der Waals surface area contributed by atoms with Crippen LogP contribution >= 0.6 is 11.3 Å². The molecule has 0 amide bonds. The SMILES string of the molecule is CCCn1ncc(OC)c1C(NN)c1sc(C)nc1C. The Bertz CT molecular complexity index is 577. The maximum Gasteiger partial charge on any atom is 0.162 e. The molecule has 1 unspecified atom stereocenters. The van der Waals surface area contributed by atoms with Crippen molar-refractivity contribution in [3.05, 3.63) is 27.5 Å². The Kier molecular flexibility index (Phi) is 4.74. The number of rotatable bonds is 6. The van der Waals surface area contributed by atoms with Crippen molar-refractivity contribution in [2.24, 2.45) is 5.84 Å². The number of thiazole rings is 1. The lowest BCUT2D eigenvalue weighted by Gasteiger charge is -2.18. The number of ether oxygens (including phenoxy) is 1. The van der Waals surface area contributed by atoms with E-state index in [0.717, 1.165) is 40.0 Å². The third kappa shape index (κ3) is 2.70. The molecule has 2 aromatic rings. The molecule has 3 N–H and O–H groups in total. The van der Waals surface area contributed by atoms with Crippen LogP contribution in [0.5, 0.6) is 5.75 Å². The highest BCUT2D eigenvalue weighted by Gasteiger charge is 2.26. The number of nitrogens with zero attached hydrogens (tertiary/aromatic N) is 3. The van der Waals surface area contributed by atoms with Crippen molar-refractivity contribution >= 4 is 11.3 Å². The third-order valence-electron chi connectivity index (χ3n) is 3.14. The zero-order chi connectivity index (χ0) is 14.7. The molecule has 2 rings (SSSR count). The first-order chi connectivity index (χ1) is 9.62. The summed E-state index contributed by atoms with van der Waals surface area (Å²) in [4.78, 5) is 5.57. The maximum atomic E-state index is 5.80. The Labute approximate surface area is 122 Å². The van der Waals surface area contributed by atoms with Crippen LogP contribution in [-0.2, 0) is 6.54 Å². The zero-order valence-electron chi connectivity index (χ0n) is 12.3. The highest BCUT2D eigenvalue weighted by Crippen LogP contribution is 2.34. The largest absolute Gasteiger partial charge is 0.493 e. The summed E-state index contributed by atoms with van der Waals surface area (Å²) in [5.74, 6) is 6.54. The third-order valence-corrected chi connectivity index (χ3v) is 4.28.